The van der Waals surface area contributed by atoms with E-state index in [0.717, 1.165) is 39.3 Å². The number of halogens is 1. The molecular weight excluding hydrogens is 280 g/mol. The maximum atomic E-state index is 6.19. The molecule has 21 heavy (non-hydrogen) atoms. The Hall–Kier alpha value is -2.06. The van der Waals surface area contributed by atoms with Gasteiger partial charge in [-0.2, -0.15) is 0 Å². The van der Waals surface area contributed by atoms with E-state index in [9.17, 15) is 0 Å². The van der Waals surface area contributed by atoms with Crippen LogP contribution in [0, 0.1) is 6.92 Å². The number of hydrogen-bond donors (Lipinski definition) is 1. The number of nitrogens with zero attached hydrogens (tertiary/aromatic N) is 1. The zero-order valence-electron chi connectivity index (χ0n) is 12.2. The largest absolute Gasteiger partial charge is 0.355 e. The number of aryl methyl sites for hydroxylation is 2. The van der Waals surface area contributed by atoms with E-state index in [-0.39, 0.29) is 0 Å². The number of hydrogen-bond acceptors (Lipinski definition) is 2. The van der Waals surface area contributed by atoms with Crippen molar-refractivity contribution in [3.8, 4) is 0 Å². The van der Waals surface area contributed by atoms with Gasteiger partial charge in [-0.3, -0.25) is 4.98 Å². The second kappa shape index (κ2) is 5.74. The van der Waals surface area contributed by atoms with Crippen molar-refractivity contribution in [1.29, 1.82) is 0 Å². The zero-order valence-corrected chi connectivity index (χ0v) is 12.9. The molecule has 0 spiro atoms. The number of anilines is 2. The number of benzene rings is 2. The molecule has 3 rings (SSSR count). The highest BCUT2D eigenvalue weighted by atomic mass is 35.5. The number of rotatable bonds is 3. The standard InChI is InChI=1S/C18H17ClN2/c1-3-13-6-4-5-7-16(13)21-17-10-11-20-18-12(2)15(19)9-8-14(17)18/h4-11H,3H2,1-2H3,(H,20,21). The van der Waals surface area contributed by atoms with Crippen molar-refractivity contribution < 1.29 is 0 Å². The molecule has 0 radical (unpaired) electrons. The molecular formula is C18H17ClN2. The van der Waals surface area contributed by atoms with Gasteiger partial charge in [0.2, 0.25) is 0 Å². The molecule has 0 aliphatic carbocycles. The third-order valence-corrected chi connectivity index (χ3v) is 4.18. The van der Waals surface area contributed by atoms with Crippen LogP contribution >= 0.6 is 11.6 Å². The molecule has 0 bridgehead atoms. The summed E-state index contributed by atoms with van der Waals surface area (Å²) in [4.78, 5) is 4.46. The van der Waals surface area contributed by atoms with Gasteiger partial charge in [-0.25, -0.2) is 0 Å². The molecule has 0 aliphatic rings. The van der Waals surface area contributed by atoms with Gasteiger partial charge in [-0.1, -0.05) is 36.7 Å². The van der Waals surface area contributed by atoms with Gasteiger partial charge >= 0.3 is 0 Å². The molecule has 0 fully saturated rings. The summed E-state index contributed by atoms with van der Waals surface area (Å²) < 4.78 is 0. The van der Waals surface area contributed by atoms with Crippen LogP contribution in [0.2, 0.25) is 5.02 Å². The van der Waals surface area contributed by atoms with Crippen LogP contribution in [0.4, 0.5) is 11.4 Å². The number of aromatic nitrogens is 1. The van der Waals surface area contributed by atoms with Crippen molar-refractivity contribution in [2.45, 2.75) is 20.3 Å². The molecule has 1 aromatic heterocycles. The van der Waals surface area contributed by atoms with Gasteiger partial charge in [0, 0.05) is 28.0 Å². The average molecular weight is 297 g/mol. The summed E-state index contributed by atoms with van der Waals surface area (Å²) in [5.41, 5.74) is 5.46. The van der Waals surface area contributed by atoms with Gasteiger partial charge in [-0.15, -0.1) is 0 Å². The Morgan fingerprint density at radius 1 is 1.05 bits per heavy atom. The molecule has 0 atom stereocenters. The molecule has 0 unspecified atom stereocenters. The molecule has 2 aromatic carbocycles. The average Bonchev–Trinajstić information content (AvgIpc) is 2.52. The lowest BCUT2D eigenvalue weighted by Crippen LogP contribution is -1.97. The molecule has 0 saturated carbocycles. The van der Waals surface area contributed by atoms with Crippen LogP contribution in [0.15, 0.2) is 48.7 Å². The summed E-state index contributed by atoms with van der Waals surface area (Å²) in [5, 5.41) is 5.37. The van der Waals surface area contributed by atoms with Crippen LogP contribution in [0.25, 0.3) is 10.9 Å². The minimum Gasteiger partial charge on any atom is -0.355 e. The lowest BCUT2D eigenvalue weighted by atomic mass is 10.1. The summed E-state index contributed by atoms with van der Waals surface area (Å²) in [6.07, 6.45) is 2.82. The van der Waals surface area contributed by atoms with Crippen LogP contribution in [-0.2, 0) is 6.42 Å². The molecule has 3 aromatic rings. The third kappa shape index (κ3) is 2.59. The highest BCUT2D eigenvalue weighted by Crippen LogP contribution is 2.31. The van der Waals surface area contributed by atoms with E-state index < -0.39 is 0 Å². The first-order valence-corrected chi connectivity index (χ1v) is 7.47. The molecule has 0 saturated heterocycles. The van der Waals surface area contributed by atoms with Crippen molar-refractivity contribution in [2.75, 3.05) is 5.32 Å². The summed E-state index contributed by atoms with van der Waals surface area (Å²) in [6.45, 7) is 4.16. The SMILES string of the molecule is CCc1ccccc1Nc1ccnc2c(C)c(Cl)ccc12. The molecule has 0 amide bonds. The van der Waals surface area contributed by atoms with E-state index in [1.165, 1.54) is 5.56 Å². The molecule has 106 valence electrons. The minimum atomic E-state index is 0.751. The highest BCUT2D eigenvalue weighted by Gasteiger charge is 2.08. The van der Waals surface area contributed by atoms with Gasteiger partial charge in [-0.05, 0) is 48.7 Å². The van der Waals surface area contributed by atoms with Crippen LogP contribution in [0.3, 0.4) is 0 Å². The normalized spacial score (nSPS) is 10.8. The minimum absolute atomic E-state index is 0.751. The second-order valence-corrected chi connectivity index (χ2v) is 5.47. The Kier molecular flexibility index (Phi) is 3.80. The van der Waals surface area contributed by atoms with Crippen LogP contribution in [0.1, 0.15) is 18.1 Å². The fraction of sp³-hybridized carbons (Fsp3) is 0.167. The Morgan fingerprint density at radius 3 is 2.67 bits per heavy atom. The van der Waals surface area contributed by atoms with E-state index in [1.807, 2.05) is 37.4 Å². The van der Waals surface area contributed by atoms with E-state index >= 15 is 0 Å². The van der Waals surface area contributed by atoms with Gasteiger partial charge in [0.1, 0.15) is 0 Å². The predicted octanol–water partition coefficient (Wildman–Crippen LogP) is 5.50. The maximum absolute atomic E-state index is 6.19. The summed E-state index contributed by atoms with van der Waals surface area (Å²) in [5.74, 6) is 0. The fourth-order valence-corrected chi connectivity index (χ4v) is 2.69. The van der Waals surface area contributed by atoms with Crippen LogP contribution < -0.4 is 5.32 Å². The van der Waals surface area contributed by atoms with Gasteiger partial charge < -0.3 is 5.32 Å². The smallest absolute Gasteiger partial charge is 0.0766 e. The number of pyridine rings is 1. The van der Waals surface area contributed by atoms with Crippen molar-refractivity contribution in [1.82, 2.24) is 4.98 Å². The third-order valence-electron chi connectivity index (χ3n) is 3.77. The van der Waals surface area contributed by atoms with Gasteiger partial charge in [0.05, 0.1) is 5.52 Å². The summed E-state index contributed by atoms with van der Waals surface area (Å²) in [7, 11) is 0. The van der Waals surface area contributed by atoms with E-state index in [2.05, 4.69) is 35.4 Å². The lowest BCUT2D eigenvalue weighted by molar-refractivity contribution is 1.14. The van der Waals surface area contributed by atoms with Crippen LogP contribution in [-0.4, -0.2) is 4.98 Å². The van der Waals surface area contributed by atoms with Gasteiger partial charge in [0.25, 0.3) is 0 Å². The summed E-state index contributed by atoms with van der Waals surface area (Å²) in [6, 6.07) is 14.3. The quantitative estimate of drug-likeness (QED) is 0.690. The van der Waals surface area contributed by atoms with E-state index in [0.29, 0.717) is 0 Å². The van der Waals surface area contributed by atoms with Crippen molar-refractivity contribution in [2.24, 2.45) is 0 Å². The molecule has 1 heterocycles. The Balaban J connectivity index is 2.11. The van der Waals surface area contributed by atoms with Crippen LogP contribution in [0.5, 0.6) is 0 Å². The van der Waals surface area contributed by atoms with E-state index in [1.54, 1.807) is 0 Å². The number of fused-ring (bicyclic) bond motifs is 1. The van der Waals surface area contributed by atoms with E-state index in [4.69, 9.17) is 11.6 Å². The Bertz CT molecular complexity index is 796. The monoisotopic (exact) mass is 296 g/mol. The predicted molar refractivity (Wildman–Crippen MR) is 90.6 cm³/mol. The zero-order chi connectivity index (χ0) is 14.8. The van der Waals surface area contributed by atoms with Crippen molar-refractivity contribution in [3.05, 3.63) is 64.8 Å². The van der Waals surface area contributed by atoms with Crippen molar-refractivity contribution >= 4 is 33.9 Å². The maximum Gasteiger partial charge on any atom is 0.0766 e. The topological polar surface area (TPSA) is 24.9 Å². The molecule has 1 N–H and O–H groups in total. The Morgan fingerprint density at radius 2 is 1.86 bits per heavy atom. The first-order valence-electron chi connectivity index (χ1n) is 7.09. The molecule has 0 aliphatic heterocycles. The fourth-order valence-electron chi connectivity index (χ4n) is 2.54. The van der Waals surface area contributed by atoms with Crippen molar-refractivity contribution in [3.63, 3.8) is 0 Å². The first-order chi connectivity index (χ1) is 10.2. The number of nitrogens with one attached hydrogen (secondary N) is 1. The number of para-hydroxylation sites is 1. The highest BCUT2D eigenvalue weighted by molar-refractivity contribution is 6.32. The second-order valence-electron chi connectivity index (χ2n) is 5.06. The first kappa shape index (κ1) is 13.9. The lowest BCUT2D eigenvalue weighted by Gasteiger charge is -2.14. The molecule has 2 nitrogen and oxygen atoms in total. The summed E-state index contributed by atoms with van der Waals surface area (Å²) >= 11 is 6.19. The van der Waals surface area contributed by atoms with Gasteiger partial charge in [0.15, 0.2) is 0 Å². The molecule has 3 heteroatoms. The Labute approximate surface area is 129 Å².